The Bertz CT molecular complexity index is 1130. The first-order chi connectivity index (χ1) is 14.9. The quantitative estimate of drug-likeness (QED) is 0.628. The summed E-state index contributed by atoms with van der Waals surface area (Å²) in [4.78, 5) is 15.2. The second-order valence-corrected chi connectivity index (χ2v) is 9.24. The minimum atomic E-state index is -3.48. The number of benzene rings is 1. The molecule has 31 heavy (non-hydrogen) atoms. The van der Waals surface area contributed by atoms with Crippen LogP contribution in [0.4, 0.5) is 21.8 Å². The van der Waals surface area contributed by atoms with Gasteiger partial charge in [0.2, 0.25) is 10.0 Å². The van der Waals surface area contributed by atoms with Gasteiger partial charge < -0.3 is 10.2 Å². The standard InChI is InChI=1S/C21H23FN6O2S/c1-16-24-20(26-19-4-2-3-9-23-19)14-21(25-16)27-10-12-28(13-11-27)31(29,30)15-17-5-7-18(22)8-6-17/h2-9,14H,10-13,15H2,1H3,(H,23,24,25,26). The zero-order valence-electron chi connectivity index (χ0n) is 17.1. The van der Waals surface area contributed by atoms with Crippen LogP contribution in [0.1, 0.15) is 11.4 Å². The van der Waals surface area contributed by atoms with Gasteiger partial charge in [0.05, 0.1) is 5.75 Å². The molecule has 10 heteroatoms. The number of anilines is 3. The molecule has 0 radical (unpaired) electrons. The lowest BCUT2D eigenvalue weighted by Gasteiger charge is -2.34. The monoisotopic (exact) mass is 442 g/mol. The summed E-state index contributed by atoms with van der Waals surface area (Å²) in [5, 5.41) is 3.17. The first kappa shape index (κ1) is 21.1. The second kappa shape index (κ2) is 8.94. The van der Waals surface area contributed by atoms with E-state index in [4.69, 9.17) is 0 Å². The first-order valence-corrected chi connectivity index (χ1v) is 11.5. The maximum atomic E-state index is 13.1. The fourth-order valence-electron chi connectivity index (χ4n) is 3.42. The van der Waals surface area contributed by atoms with Crippen molar-refractivity contribution in [3.05, 3.63) is 71.9 Å². The molecule has 3 aromatic rings. The number of pyridine rings is 1. The van der Waals surface area contributed by atoms with Crippen LogP contribution in [0.3, 0.4) is 0 Å². The number of aryl methyl sites for hydroxylation is 1. The van der Waals surface area contributed by atoms with Crippen LogP contribution in [0.25, 0.3) is 0 Å². The third-order valence-electron chi connectivity index (χ3n) is 4.96. The van der Waals surface area contributed by atoms with Crippen molar-refractivity contribution in [2.75, 3.05) is 36.4 Å². The number of hydrogen-bond acceptors (Lipinski definition) is 7. The van der Waals surface area contributed by atoms with E-state index in [0.29, 0.717) is 49.2 Å². The van der Waals surface area contributed by atoms with E-state index in [9.17, 15) is 12.8 Å². The van der Waals surface area contributed by atoms with Gasteiger partial charge in [-0.15, -0.1) is 0 Å². The van der Waals surface area contributed by atoms with Gasteiger partial charge in [0.1, 0.15) is 29.1 Å². The number of rotatable bonds is 6. The molecule has 0 unspecified atom stereocenters. The summed E-state index contributed by atoms with van der Waals surface area (Å²) in [5.41, 5.74) is 0.570. The molecule has 1 fully saturated rings. The summed E-state index contributed by atoms with van der Waals surface area (Å²) < 4.78 is 40.1. The Kier molecular flexibility index (Phi) is 6.10. The highest BCUT2D eigenvalue weighted by atomic mass is 32.2. The molecule has 1 saturated heterocycles. The van der Waals surface area contributed by atoms with Crippen molar-refractivity contribution >= 4 is 27.5 Å². The van der Waals surface area contributed by atoms with Crippen LogP contribution in [-0.4, -0.2) is 53.9 Å². The molecule has 0 bridgehead atoms. The molecule has 0 saturated carbocycles. The van der Waals surface area contributed by atoms with E-state index in [1.807, 2.05) is 36.1 Å². The van der Waals surface area contributed by atoms with Gasteiger partial charge in [-0.2, -0.15) is 4.31 Å². The lowest BCUT2D eigenvalue weighted by atomic mass is 10.2. The maximum absolute atomic E-state index is 13.1. The van der Waals surface area contributed by atoms with Crippen molar-refractivity contribution in [3.63, 3.8) is 0 Å². The van der Waals surface area contributed by atoms with Crippen LogP contribution in [0.5, 0.6) is 0 Å². The largest absolute Gasteiger partial charge is 0.354 e. The molecule has 3 heterocycles. The molecular formula is C21H23FN6O2S. The van der Waals surface area contributed by atoms with Crippen LogP contribution in [0.2, 0.25) is 0 Å². The molecule has 1 aromatic carbocycles. The normalized spacial score (nSPS) is 15.1. The van der Waals surface area contributed by atoms with Gasteiger partial charge >= 0.3 is 0 Å². The number of aromatic nitrogens is 3. The van der Waals surface area contributed by atoms with Crippen LogP contribution >= 0.6 is 0 Å². The summed E-state index contributed by atoms with van der Waals surface area (Å²) in [5.74, 6) is 2.14. The number of hydrogen-bond donors (Lipinski definition) is 1. The molecule has 4 rings (SSSR count). The fraction of sp³-hybridized carbons (Fsp3) is 0.286. The summed E-state index contributed by atoms with van der Waals surface area (Å²) in [6.07, 6.45) is 1.70. The first-order valence-electron chi connectivity index (χ1n) is 9.90. The van der Waals surface area contributed by atoms with Gasteiger partial charge in [-0.05, 0) is 36.8 Å². The van der Waals surface area contributed by atoms with Crippen LogP contribution < -0.4 is 10.2 Å². The Morgan fingerprint density at radius 3 is 2.42 bits per heavy atom. The van der Waals surface area contributed by atoms with Crippen molar-refractivity contribution in [2.45, 2.75) is 12.7 Å². The molecule has 2 aromatic heterocycles. The van der Waals surface area contributed by atoms with Crippen LogP contribution in [0.15, 0.2) is 54.7 Å². The number of sulfonamides is 1. The van der Waals surface area contributed by atoms with Crippen molar-refractivity contribution < 1.29 is 12.8 Å². The molecule has 162 valence electrons. The Morgan fingerprint density at radius 2 is 1.74 bits per heavy atom. The zero-order valence-corrected chi connectivity index (χ0v) is 17.9. The third kappa shape index (κ3) is 5.33. The van der Waals surface area contributed by atoms with E-state index >= 15 is 0 Å². The number of nitrogens with zero attached hydrogens (tertiary/aromatic N) is 5. The molecule has 1 aliphatic rings. The van der Waals surface area contributed by atoms with E-state index < -0.39 is 10.0 Å². The lowest BCUT2D eigenvalue weighted by Crippen LogP contribution is -2.49. The van der Waals surface area contributed by atoms with Crippen molar-refractivity contribution in [2.24, 2.45) is 0 Å². The molecule has 0 amide bonds. The SMILES string of the molecule is Cc1nc(Nc2ccccn2)cc(N2CCN(S(=O)(=O)Cc3ccc(F)cc3)CC2)n1. The lowest BCUT2D eigenvalue weighted by molar-refractivity contribution is 0.383. The highest BCUT2D eigenvalue weighted by Crippen LogP contribution is 2.21. The summed E-state index contributed by atoms with van der Waals surface area (Å²) in [6, 6.07) is 13.0. The molecule has 0 spiro atoms. The zero-order chi connectivity index (χ0) is 21.8. The van der Waals surface area contributed by atoms with Crippen LogP contribution in [0, 0.1) is 12.7 Å². The van der Waals surface area contributed by atoms with Crippen LogP contribution in [-0.2, 0) is 15.8 Å². The van der Waals surface area contributed by atoms with E-state index in [2.05, 4.69) is 20.3 Å². The minimum absolute atomic E-state index is 0.141. The Balaban J connectivity index is 1.42. The van der Waals surface area contributed by atoms with Gasteiger partial charge in [0.15, 0.2) is 0 Å². The van der Waals surface area contributed by atoms with Crippen molar-refractivity contribution in [3.8, 4) is 0 Å². The van der Waals surface area contributed by atoms with E-state index in [-0.39, 0.29) is 11.6 Å². The Labute approximate surface area is 180 Å². The fourth-order valence-corrected chi connectivity index (χ4v) is 4.94. The number of piperazine rings is 1. The second-order valence-electron chi connectivity index (χ2n) is 7.27. The average Bonchev–Trinajstić information content (AvgIpc) is 2.76. The summed E-state index contributed by atoms with van der Waals surface area (Å²) in [7, 11) is -3.48. The minimum Gasteiger partial charge on any atom is -0.354 e. The summed E-state index contributed by atoms with van der Waals surface area (Å²) in [6.45, 7) is 3.56. The van der Waals surface area contributed by atoms with Gasteiger partial charge in [-0.1, -0.05) is 18.2 Å². The van der Waals surface area contributed by atoms with E-state index in [0.717, 1.165) is 5.82 Å². The van der Waals surface area contributed by atoms with E-state index in [1.165, 1.54) is 28.6 Å². The Morgan fingerprint density at radius 1 is 1.00 bits per heavy atom. The van der Waals surface area contributed by atoms with Gasteiger partial charge in [0, 0.05) is 38.4 Å². The average molecular weight is 443 g/mol. The predicted molar refractivity (Wildman–Crippen MR) is 117 cm³/mol. The van der Waals surface area contributed by atoms with Crippen molar-refractivity contribution in [1.29, 1.82) is 0 Å². The van der Waals surface area contributed by atoms with Gasteiger partial charge in [0.25, 0.3) is 0 Å². The third-order valence-corrected chi connectivity index (χ3v) is 6.81. The maximum Gasteiger partial charge on any atom is 0.218 e. The number of nitrogens with one attached hydrogen (secondary N) is 1. The van der Waals surface area contributed by atoms with Crippen molar-refractivity contribution in [1.82, 2.24) is 19.3 Å². The molecule has 8 nitrogen and oxygen atoms in total. The highest BCUT2D eigenvalue weighted by molar-refractivity contribution is 7.88. The van der Waals surface area contributed by atoms with E-state index in [1.54, 1.807) is 6.20 Å². The smallest absolute Gasteiger partial charge is 0.218 e. The molecular weight excluding hydrogens is 419 g/mol. The summed E-state index contributed by atoms with van der Waals surface area (Å²) >= 11 is 0. The topological polar surface area (TPSA) is 91.3 Å². The molecule has 0 aliphatic carbocycles. The predicted octanol–water partition coefficient (Wildman–Crippen LogP) is 2.71. The molecule has 0 atom stereocenters. The Hall–Kier alpha value is -3.11. The highest BCUT2D eigenvalue weighted by Gasteiger charge is 2.28. The molecule has 1 aliphatic heterocycles. The van der Waals surface area contributed by atoms with Gasteiger partial charge in [-0.3, -0.25) is 0 Å². The molecule has 1 N–H and O–H groups in total. The number of halogens is 1. The van der Waals surface area contributed by atoms with Gasteiger partial charge in [-0.25, -0.2) is 27.8 Å².